The van der Waals surface area contributed by atoms with Crippen LogP contribution in [0.4, 0.5) is 5.69 Å². The van der Waals surface area contributed by atoms with Crippen molar-refractivity contribution in [3.8, 4) is 5.69 Å². The molecule has 2 aromatic carbocycles. The van der Waals surface area contributed by atoms with Crippen LogP contribution in [0.15, 0.2) is 57.9 Å². The summed E-state index contributed by atoms with van der Waals surface area (Å²) in [5.41, 5.74) is 7.75. The SMILES string of the molecule is CCc1ccc(N[C@@H]2NC(=O)/C(=C/c3cc(C)n(-c4ccc(Br)c(C)c4)c3C)S2)cc1. The highest BCUT2D eigenvalue weighted by Crippen LogP contribution is 2.32. The molecule has 0 saturated carbocycles. The molecule has 0 unspecified atom stereocenters. The first kappa shape index (κ1) is 21.8. The fourth-order valence-electron chi connectivity index (χ4n) is 3.79. The quantitative estimate of drug-likeness (QED) is 0.406. The van der Waals surface area contributed by atoms with Gasteiger partial charge in [-0.15, -0.1) is 0 Å². The molecule has 6 heteroatoms. The van der Waals surface area contributed by atoms with E-state index in [1.165, 1.54) is 22.9 Å². The van der Waals surface area contributed by atoms with Gasteiger partial charge in [0.2, 0.25) is 0 Å². The number of benzene rings is 2. The Morgan fingerprint density at radius 2 is 1.87 bits per heavy atom. The number of carbonyl (C=O) groups excluding carboxylic acids is 1. The topological polar surface area (TPSA) is 46.1 Å². The van der Waals surface area contributed by atoms with Gasteiger partial charge in [-0.1, -0.05) is 46.7 Å². The summed E-state index contributed by atoms with van der Waals surface area (Å²) in [5.74, 6) is -0.0445. The van der Waals surface area contributed by atoms with Crippen LogP contribution in [0.1, 0.15) is 35.0 Å². The molecule has 0 bridgehead atoms. The number of hydrogen-bond donors (Lipinski definition) is 2. The Hall–Kier alpha value is -2.44. The zero-order chi connectivity index (χ0) is 22.1. The smallest absolute Gasteiger partial charge is 0.260 e. The van der Waals surface area contributed by atoms with Crippen molar-refractivity contribution in [1.82, 2.24) is 9.88 Å². The number of aromatic nitrogens is 1. The summed E-state index contributed by atoms with van der Waals surface area (Å²) in [6.45, 7) is 8.42. The third-order valence-electron chi connectivity index (χ3n) is 5.55. The van der Waals surface area contributed by atoms with E-state index in [-0.39, 0.29) is 11.4 Å². The van der Waals surface area contributed by atoms with Crippen LogP contribution < -0.4 is 10.6 Å². The lowest BCUT2D eigenvalue weighted by Gasteiger charge is -2.13. The lowest BCUT2D eigenvalue weighted by Crippen LogP contribution is -2.30. The molecule has 0 radical (unpaired) electrons. The summed E-state index contributed by atoms with van der Waals surface area (Å²) in [5, 5.41) is 6.41. The number of thioether (sulfide) groups is 1. The van der Waals surface area contributed by atoms with Crippen molar-refractivity contribution < 1.29 is 4.79 Å². The highest BCUT2D eigenvalue weighted by atomic mass is 79.9. The lowest BCUT2D eigenvalue weighted by molar-refractivity contribution is -0.116. The number of aryl methyl sites for hydroxylation is 3. The van der Waals surface area contributed by atoms with E-state index < -0.39 is 0 Å². The number of rotatable bonds is 5. The molecule has 160 valence electrons. The minimum absolute atomic E-state index is 0.0445. The number of anilines is 1. The van der Waals surface area contributed by atoms with Crippen molar-refractivity contribution in [2.75, 3.05) is 5.32 Å². The predicted octanol–water partition coefficient (Wildman–Crippen LogP) is 6.33. The van der Waals surface area contributed by atoms with E-state index in [0.29, 0.717) is 0 Å². The lowest BCUT2D eigenvalue weighted by atomic mass is 10.1. The molecule has 2 N–H and O–H groups in total. The Labute approximate surface area is 196 Å². The molecular formula is C25H26BrN3OS. The molecule has 1 aliphatic rings. The summed E-state index contributed by atoms with van der Waals surface area (Å²) in [7, 11) is 0. The van der Waals surface area contributed by atoms with Gasteiger partial charge >= 0.3 is 0 Å². The number of carbonyl (C=O) groups is 1. The zero-order valence-electron chi connectivity index (χ0n) is 18.1. The summed E-state index contributed by atoms with van der Waals surface area (Å²) in [6.07, 6.45) is 3.01. The van der Waals surface area contributed by atoms with Crippen molar-refractivity contribution in [1.29, 1.82) is 0 Å². The third-order valence-corrected chi connectivity index (χ3v) is 7.47. The molecule has 4 nitrogen and oxygen atoms in total. The van der Waals surface area contributed by atoms with Gasteiger partial charge < -0.3 is 15.2 Å². The number of halogens is 1. The van der Waals surface area contributed by atoms with Gasteiger partial charge in [-0.05, 0) is 86.4 Å². The Bertz CT molecular complexity index is 1160. The summed E-state index contributed by atoms with van der Waals surface area (Å²) in [4.78, 5) is 13.3. The maximum Gasteiger partial charge on any atom is 0.260 e. The Kier molecular flexibility index (Phi) is 6.30. The van der Waals surface area contributed by atoms with Crippen molar-refractivity contribution in [2.45, 2.75) is 39.6 Å². The van der Waals surface area contributed by atoms with Crippen molar-refractivity contribution in [2.24, 2.45) is 0 Å². The maximum atomic E-state index is 12.6. The first-order valence-electron chi connectivity index (χ1n) is 10.4. The molecule has 1 aliphatic heterocycles. The van der Waals surface area contributed by atoms with E-state index in [9.17, 15) is 4.79 Å². The molecule has 2 heterocycles. The molecule has 1 fully saturated rings. The van der Waals surface area contributed by atoms with Crippen LogP contribution in [-0.2, 0) is 11.2 Å². The second-order valence-corrected chi connectivity index (χ2v) is 9.77. The molecule has 31 heavy (non-hydrogen) atoms. The minimum atomic E-state index is -0.177. The first-order chi connectivity index (χ1) is 14.9. The van der Waals surface area contributed by atoms with Crippen molar-refractivity contribution >= 4 is 45.4 Å². The average Bonchev–Trinajstić information content (AvgIpc) is 3.23. The summed E-state index contributed by atoms with van der Waals surface area (Å²) >= 11 is 5.09. The second-order valence-electron chi connectivity index (χ2n) is 7.77. The Balaban J connectivity index is 1.55. The highest BCUT2D eigenvalue weighted by Gasteiger charge is 2.27. The largest absolute Gasteiger partial charge is 0.357 e. The van der Waals surface area contributed by atoms with Crippen LogP contribution in [0.25, 0.3) is 11.8 Å². The standard InChI is InChI=1S/C25H26BrN3OS/c1-5-18-6-8-20(9-7-18)27-25-28-24(30)23(31-25)14-19-13-16(3)29(17(19)4)21-10-11-22(26)15(2)12-21/h6-14,25,27H,5H2,1-4H3,(H,28,30)/b23-14-/t25-/m1/s1. The van der Waals surface area contributed by atoms with Gasteiger partial charge in [0.1, 0.15) is 0 Å². The van der Waals surface area contributed by atoms with Gasteiger partial charge in [0.05, 0.1) is 4.91 Å². The Morgan fingerprint density at radius 1 is 1.13 bits per heavy atom. The predicted molar refractivity (Wildman–Crippen MR) is 135 cm³/mol. The van der Waals surface area contributed by atoms with Gasteiger partial charge in [-0.2, -0.15) is 0 Å². The molecule has 4 rings (SSSR count). The number of nitrogens with zero attached hydrogens (tertiary/aromatic N) is 1. The van der Waals surface area contributed by atoms with E-state index in [0.717, 1.165) is 44.1 Å². The van der Waals surface area contributed by atoms with E-state index in [4.69, 9.17) is 0 Å². The zero-order valence-corrected chi connectivity index (χ0v) is 20.5. The monoisotopic (exact) mass is 495 g/mol. The molecule has 1 amide bonds. The molecule has 1 aromatic heterocycles. The van der Waals surface area contributed by atoms with E-state index >= 15 is 0 Å². The number of nitrogens with one attached hydrogen (secondary N) is 2. The molecule has 1 saturated heterocycles. The summed E-state index contributed by atoms with van der Waals surface area (Å²) < 4.78 is 3.33. The van der Waals surface area contributed by atoms with Crippen LogP contribution in [0.5, 0.6) is 0 Å². The average molecular weight is 496 g/mol. The van der Waals surface area contributed by atoms with E-state index in [2.05, 4.69) is 107 Å². The third kappa shape index (κ3) is 4.60. The first-order valence-corrected chi connectivity index (χ1v) is 12.0. The number of hydrogen-bond acceptors (Lipinski definition) is 3. The van der Waals surface area contributed by atoms with Crippen LogP contribution in [0.3, 0.4) is 0 Å². The second kappa shape index (κ2) is 8.97. The molecular weight excluding hydrogens is 470 g/mol. The van der Waals surface area contributed by atoms with Gasteiger partial charge in [-0.25, -0.2) is 0 Å². The molecule has 0 aliphatic carbocycles. The molecule has 1 atom stereocenters. The molecule has 0 spiro atoms. The van der Waals surface area contributed by atoms with E-state index in [1.807, 2.05) is 6.08 Å². The summed E-state index contributed by atoms with van der Waals surface area (Å²) in [6, 6.07) is 16.8. The van der Waals surface area contributed by atoms with Crippen molar-refractivity contribution in [3.05, 3.63) is 86.0 Å². The van der Waals surface area contributed by atoms with Gasteiger partial charge in [0.25, 0.3) is 5.91 Å². The van der Waals surface area contributed by atoms with Gasteiger partial charge in [-0.3, -0.25) is 4.79 Å². The highest BCUT2D eigenvalue weighted by molar-refractivity contribution is 9.10. The van der Waals surface area contributed by atoms with Crippen LogP contribution in [-0.4, -0.2) is 16.0 Å². The Morgan fingerprint density at radius 3 is 2.55 bits per heavy atom. The minimum Gasteiger partial charge on any atom is -0.357 e. The van der Waals surface area contributed by atoms with E-state index in [1.54, 1.807) is 0 Å². The van der Waals surface area contributed by atoms with Crippen LogP contribution in [0.2, 0.25) is 0 Å². The van der Waals surface area contributed by atoms with Crippen LogP contribution >= 0.6 is 27.7 Å². The fourth-order valence-corrected chi connectivity index (χ4v) is 5.02. The van der Waals surface area contributed by atoms with Gasteiger partial charge in [0, 0.05) is 27.2 Å². The van der Waals surface area contributed by atoms with Gasteiger partial charge in [0.15, 0.2) is 5.50 Å². The maximum absolute atomic E-state index is 12.6. The molecule has 3 aromatic rings. The van der Waals surface area contributed by atoms with Crippen LogP contribution in [0, 0.1) is 20.8 Å². The van der Waals surface area contributed by atoms with Crippen molar-refractivity contribution in [3.63, 3.8) is 0 Å². The normalized spacial score (nSPS) is 17.3. The number of amides is 1. The fraction of sp³-hybridized carbons (Fsp3) is 0.240.